The largest absolute Gasteiger partial charge is 0.422 e. The number of rotatable bonds is 36. The van der Waals surface area contributed by atoms with Gasteiger partial charge in [0.15, 0.2) is 0 Å². The molecule has 0 heterocycles. The van der Waals surface area contributed by atoms with Crippen molar-refractivity contribution in [3.8, 4) is 0 Å². The maximum atomic E-state index is 13.1. The molecule has 2 atom stereocenters. The molecule has 0 amide bonds. The Morgan fingerprint density at radius 3 is 1.12 bits per heavy atom. The lowest BCUT2D eigenvalue weighted by molar-refractivity contribution is -0.267. The van der Waals surface area contributed by atoms with Crippen LogP contribution in [0.4, 0.5) is 0 Å². The average Bonchev–Trinajstić information content (AvgIpc) is 3.07. The summed E-state index contributed by atoms with van der Waals surface area (Å²) >= 11 is 0. The first-order valence-corrected chi connectivity index (χ1v) is 21.7. The van der Waals surface area contributed by atoms with Crippen LogP contribution in [-0.2, 0) is 19.1 Å². The van der Waals surface area contributed by atoms with Crippen LogP contribution >= 0.6 is 0 Å². The second-order valence-electron chi connectivity index (χ2n) is 15.8. The Morgan fingerprint density at radius 2 is 0.843 bits per heavy atom. The molecular formula is C45H85NO5. The van der Waals surface area contributed by atoms with E-state index in [0.717, 1.165) is 64.2 Å². The maximum Gasteiger partial charge on any atom is 0.309 e. The number of hydrogen-bond donors (Lipinski definition) is 2. The second kappa shape index (κ2) is 32.9. The lowest BCUT2D eigenvalue weighted by Gasteiger charge is -2.45. The van der Waals surface area contributed by atoms with Crippen LogP contribution in [0.3, 0.4) is 0 Å². The van der Waals surface area contributed by atoms with Gasteiger partial charge in [0.25, 0.3) is 5.79 Å². The Labute approximate surface area is 316 Å². The zero-order valence-electron chi connectivity index (χ0n) is 34.6. The average molecular weight is 720 g/mol. The molecule has 0 saturated heterocycles. The predicted octanol–water partition coefficient (Wildman–Crippen LogP) is 13.0. The highest BCUT2D eigenvalue weighted by Gasteiger charge is 2.52. The van der Waals surface area contributed by atoms with Gasteiger partial charge in [-0.2, -0.15) is 0 Å². The molecule has 0 rings (SSSR count). The van der Waals surface area contributed by atoms with Crippen molar-refractivity contribution in [3.05, 3.63) is 24.3 Å². The first-order chi connectivity index (χ1) is 24.5. The Kier molecular flexibility index (Phi) is 31.9. The quantitative estimate of drug-likeness (QED) is 0.0289. The van der Waals surface area contributed by atoms with Crippen molar-refractivity contribution in [3.63, 3.8) is 0 Å². The monoisotopic (exact) mass is 720 g/mol. The number of esters is 2. The highest BCUT2D eigenvalue weighted by Crippen LogP contribution is 2.38. The number of aliphatic hydroxyl groups excluding tert-OH is 1. The normalized spacial score (nSPS) is 13.6. The summed E-state index contributed by atoms with van der Waals surface area (Å²) in [5, 5.41) is 10.8. The van der Waals surface area contributed by atoms with E-state index in [2.05, 4.69) is 38.2 Å². The summed E-state index contributed by atoms with van der Waals surface area (Å²) in [4.78, 5) is 26.3. The van der Waals surface area contributed by atoms with Crippen LogP contribution in [0, 0.1) is 5.92 Å². The van der Waals surface area contributed by atoms with E-state index in [1.165, 1.54) is 103 Å². The summed E-state index contributed by atoms with van der Waals surface area (Å²) in [6.07, 6.45) is 40.0. The number of unbranched alkanes of at least 4 members (excludes halogenated alkanes) is 22. The van der Waals surface area contributed by atoms with Crippen molar-refractivity contribution in [2.45, 2.75) is 245 Å². The van der Waals surface area contributed by atoms with Gasteiger partial charge in [-0.25, -0.2) is 0 Å². The zero-order valence-corrected chi connectivity index (χ0v) is 34.6. The van der Waals surface area contributed by atoms with Gasteiger partial charge >= 0.3 is 11.9 Å². The van der Waals surface area contributed by atoms with Gasteiger partial charge in [0.1, 0.15) is 0 Å². The maximum absolute atomic E-state index is 13.1. The van der Waals surface area contributed by atoms with E-state index in [1.807, 2.05) is 6.92 Å². The van der Waals surface area contributed by atoms with E-state index >= 15 is 0 Å². The molecule has 0 aliphatic carbocycles. The number of aliphatic hydroxyl groups is 1. The molecule has 3 N–H and O–H groups in total. The van der Waals surface area contributed by atoms with Crippen molar-refractivity contribution in [1.29, 1.82) is 0 Å². The lowest BCUT2D eigenvalue weighted by atomic mass is 9.76. The van der Waals surface area contributed by atoms with E-state index in [1.54, 1.807) is 20.8 Å². The minimum absolute atomic E-state index is 0.222. The molecule has 0 aromatic carbocycles. The summed E-state index contributed by atoms with van der Waals surface area (Å²) in [6.45, 7) is 11.5. The van der Waals surface area contributed by atoms with E-state index in [0.29, 0.717) is 0 Å². The molecule has 300 valence electrons. The molecule has 6 heteroatoms. The SMILES string of the molecule is CCCCCCCC/C=C\CCCCCCCC(=O)OC(CC)(OC(=O)CCCCCCC/C=C\CCCCCCCC)C(C(C)O)C(C)(C)N. The summed E-state index contributed by atoms with van der Waals surface area (Å²) in [5.41, 5.74) is 5.57. The van der Waals surface area contributed by atoms with Crippen molar-refractivity contribution >= 4 is 11.9 Å². The highest BCUT2D eigenvalue weighted by atomic mass is 16.7. The summed E-state index contributed by atoms with van der Waals surface area (Å²) in [5.74, 6) is -3.19. The predicted molar refractivity (Wildman–Crippen MR) is 218 cm³/mol. The number of ether oxygens (including phenoxy) is 2. The molecule has 0 spiro atoms. The van der Waals surface area contributed by atoms with Crippen LogP contribution in [0.2, 0.25) is 0 Å². The fraction of sp³-hybridized carbons (Fsp3) is 0.867. The third kappa shape index (κ3) is 27.6. The zero-order chi connectivity index (χ0) is 38.1. The molecule has 0 saturated carbocycles. The van der Waals surface area contributed by atoms with Crippen molar-refractivity contribution in [1.82, 2.24) is 0 Å². The number of carbonyl (C=O) groups is 2. The van der Waals surface area contributed by atoms with Crippen LogP contribution in [-0.4, -0.2) is 34.5 Å². The molecule has 0 fully saturated rings. The molecule has 0 radical (unpaired) electrons. The first-order valence-electron chi connectivity index (χ1n) is 21.7. The number of carbonyl (C=O) groups excluding carboxylic acids is 2. The molecule has 6 nitrogen and oxygen atoms in total. The van der Waals surface area contributed by atoms with Gasteiger partial charge in [-0.1, -0.05) is 148 Å². The van der Waals surface area contributed by atoms with Crippen LogP contribution in [0.15, 0.2) is 24.3 Å². The number of hydrogen-bond acceptors (Lipinski definition) is 6. The Morgan fingerprint density at radius 1 is 0.549 bits per heavy atom. The second-order valence-corrected chi connectivity index (χ2v) is 15.8. The fourth-order valence-electron chi connectivity index (χ4n) is 7.24. The van der Waals surface area contributed by atoms with Gasteiger partial charge in [-0.3, -0.25) is 9.59 Å². The molecule has 0 aliphatic rings. The number of allylic oxidation sites excluding steroid dienone is 4. The molecule has 2 unspecified atom stereocenters. The van der Waals surface area contributed by atoms with Gasteiger partial charge in [-0.15, -0.1) is 0 Å². The molecule has 51 heavy (non-hydrogen) atoms. The summed E-state index contributed by atoms with van der Waals surface area (Å²) in [6, 6.07) is 0. The van der Waals surface area contributed by atoms with Crippen LogP contribution in [0.5, 0.6) is 0 Å². The minimum atomic E-state index is -1.61. The van der Waals surface area contributed by atoms with Gasteiger partial charge in [-0.05, 0) is 85.0 Å². The summed E-state index contributed by atoms with van der Waals surface area (Å²) < 4.78 is 12.0. The fourth-order valence-corrected chi connectivity index (χ4v) is 7.24. The van der Waals surface area contributed by atoms with Crippen molar-refractivity contribution in [2.24, 2.45) is 11.7 Å². The molecule has 0 bridgehead atoms. The van der Waals surface area contributed by atoms with E-state index in [4.69, 9.17) is 15.2 Å². The number of nitrogens with two attached hydrogens (primary N) is 1. The van der Waals surface area contributed by atoms with E-state index in [9.17, 15) is 14.7 Å². The van der Waals surface area contributed by atoms with Crippen molar-refractivity contribution < 1.29 is 24.2 Å². The van der Waals surface area contributed by atoms with Gasteiger partial charge in [0.05, 0.1) is 12.0 Å². The van der Waals surface area contributed by atoms with E-state index in [-0.39, 0.29) is 19.3 Å². The smallest absolute Gasteiger partial charge is 0.309 e. The minimum Gasteiger partial charge on any atom is -0.422 e. The van der Waals surface area contributed by atoms with Crippen LogP contribution in [0.1, 0.15) is 228 Å². The highest BCUT2D eigenvalue weighted by molar-refractivity contribution is 5.72. The van der Waals surface area contributed by atoms with E-state index < -0.39 is 35.3 Å². The molecule has 0 aromatic heterocycles. The lowest BCUT2D eigenvalue weighted by Crippen LogP contribution is -2.61. The van der Waals surface area contributed by atoms with Gasteiger partial charge in [0.2, 0.25) is 0 Å². The van der Waals surface area contributed by atoms with Crippen LogP contribution in [0.25, 0.3) is 0 Å². The molecular weight excluding hydrogens is 634 g/mol. The first kappa shape index (κ1) is 49.3. The Balaban J connectivity index is 4.56. The van der Waals surface area contributed by atoms with Crippen molar-refractivity contribution in [2.75, 3.05) is 0 Å². The Hall–Kier alpha value is -1.66. The van der Waals surface area contributed by atoms with Crippen LogP contribution < -0.4 is 5.73 Å². The Bertz CT molecular complexity index is 820. The molecule has 0 aromatic rings. The van der Waals surface area contributed by atoms with Gasteiger partial charge in [0, 0.05) is 24.8 Å². The molecule has 0 aliphatic heterocycles. The summed E-state index contributed by atoms with van der Waals surface area (Å²) in [7, 11) is 0. The standard InChI is InChI=1S/C45H85NO5/c1-7-10-12-14-16-18-20-22-24-26-28-30-32-34-36-38-41(48)50-45(9-3,43(40(4)47)44(5,6)46)51-42(49)39-37-35-33-31-29-27-25-23-21-19-17-15-13-11-8-2/h22-25,40,43,47H,7-21,26-39,46H2,1-6H3/b24-22-,25-23-. The van der Waals surface area contributed by atoms with Gasteiger partial charge < -0.3 is 20.3 Å². The third-order valence-electron chi connectivity index (χ3n) is 10.1. The third-order valence-corrected chi connectivity index (χ3v) is 10.1. The topological polar surface area (TPSA) is 98.8 Å².